The highest BCUT2D eigenvalue weighted by molar-refractivity contribution is 7.89. The predicted octanol–water partition coefficient (Wildman–Crippen LogP) is 0.727. The van der Waals surface area contributed by atoms with Crippen LogP contribution in [0.1, 0.15) is 6.92 Å². The molecule has 6 nitrogen and oxygen atoms in total. The lowest BCUT2D eigenvalue weighted by Gasteiger charge is -2.30. The van der Waals surface area contributed by atoms with Gasteiger partial charge in [-0.2, -0.15) is 0 Å². The second-order valence-electron chi connectivity index (χ2n) is 5.13. The van der Waals surface area contributed by atoms with Gasteiger partial charge in [-0.1, -0.05) is 19.1 Å². The van der Waals surface area contributed by atoms with E-state index in [9.17, 15) is 8.42 Å². The lowest BCUT2D eigenvalue weighted by Crippen LogP contribution is -2.43. The lowest BCUT2D eigenvalue weighted by molar-refractivity contribution is -0.0117. The highest BCUT2D eigenvalue weighted by atomic mass is 32.2. The van der Waals surface area contributed by atoms with E-state index < -0.39 is 10.0 Å². The number of likely N-dealkylation sites (N-methyl/N-ethyl adjacent to an activating group) is 1. The van der Waals surface area contributed by atoms with Crippen LogP contribution < -0.4 is 10.0 Å². The van der Waals surface area contributed by atoms with E-state index >= 15 is 0 Å². The van der Waals surface area contributed by atoms with E-state index in [0.29, 0.717) is 25.4 Å². The van der Waals surface area contributed by atoms with E-state index in [1.165, 1.54) is 0 Å². The zero-order chi connectivity index (χ0) is 15.3. The summed E-state index contributed by atoms with van der Waals surface area (Å²) in [6.45, 7) is 5.20. The first-order valence-corrected chi connectivity index (χ1v) is 8.64. The molecule has 2 rings (SSSR count). The fraction of sp³-hybridized carbons (Fsp3) is 0.571. The average Bonchev–Trinajstić information content (AvgIpc) is 2.45. The largest absolute Gasteiger partial charge is 0.381 e. The molecule has 1 aromatic rings. The van der Waals surface area contributed by atoms with Crippen LogP contribution in [0, 0.1) is 0 Å². The molecule has 118 valence electrons. The Morgan fingerprint density at radius 2 is 2.14 bits per heavy atom. The molecule has 21 heavy (non-hydrogen) atoms. The van der Waals surface area contributed by atoms with E-state index in [1.807, 2.05) is 6.07 Å². The van der Waals surface area contributed by atoms with Crippen molar-refractivity contribution in [2.24, 2.45) is 0 Å². The zero-order valence-electron chi connectivity index (χ0n) is 12.5. The highest BCUT2D eigenvalue weighted by Crippen LogP contribution is 2.20. The van der Waals surface area contributed by atoms with Crippen molar-refractivity contribution in [1.29, 1.82) is 0 Å². The molecule has 0 radical (unpaired) electrons. The molecule has 1 saturated heterocycles. The fourth-order valence-electron chi connectivity index (χ4n) is 2.33. The van der Waals surface area contributed by atoms with Crippen LogP contribution in [-0.4, -0.2) is 59.3 Å². The molecule has 2 N–H and O–H groups in total. The second-order valence-corrected chi connectivity index (χ2v) is 6.87. The van der Waals surface area contributed by atoms with Crippen molar-refractivity contribution < 1.29 is 13.2 Å². The Bertz CT molecular complexity index is 562. The Kier molecular flexibility index (Phi) is 5.58. The predicted molar refractivity (Wildman–Crippen MR) is 83.0 cm³/mol. The van der Waals surface area contributed by atoms with E-state index in [4.69, 9.17) is 4.74 Å². The third-order valence-electron chi connectivity index (χ3n) is 3.37. The number of hydrogen-bond acceptors (Lipinski definition) is 5. The summed E-state index contributed by atoms with van der Waals surface area (Å²) >= 11 is 0. The molecule has 0 amide bonds. The van der Waals surface area contributed by atoms with Crippen molar-refractivity contribution >= 4 is 15.7 Å². The minimum absolute atomic E-state index is 0.0682. The van der Waals surface area contributed by atoms with Gasteiger partial charge in [0.2, 0.25) is 10.0 Å². The summed E-state index contributed by atoms with van der Waals surface area (Å²) in [6.07, 6.45) is 0.0682. The average molecular weight is 313 g/mol. The molecule has 1 fully saturated rings. The molecule has 1 atom stereocenters. The van der Waals surface area contributed by atoms with E-state index in [2.05, 4.69) is 22.0 Å². The van der Waals surface area contributed by atoms with Crippen molar-refractivity contribution in [3.05, 3.63) is 24.3 Å². The Balaban J connectivity index is 2.06. The zero-order valence-corrected chi connectivity index (χ0v) is 13.3. The Labute approximate surface area is 126 Å². The summed E-state index contributed by atoms with van der Waals surface area (Å²) in [5.74, 6) is 0. The normalized spacial score (nSPS) is 20.4. The number of hydrogen-bond donors (Lipinski definition) is 2. The van der Waals surface area contributed by atoms with Gasteiger partial charge in [-0.3, -0.25) is 0 Å². The molecule has 7 heteroatoms. The number of para-hydroxylation sites is 1. The summed E-state index contributed by atoms with van der Waals surface area (Å²) in [6, 6.07) is 6.92. The molecule has 0 spiro atoms. The molecule has 1 unspecified atom stereocenters. The molecule has 0 bridgehead atoms. The summed E-state index contributed by atoms with van der Waals surface area (Å²) < 4.78 is 32.5. The van der Waals surface area contributed by atoms with Crippen LogP contribution in [0.25, 0.3) is 0 Å². The Morgan fingerprint density at radius 1 is 1.38 bits per heavy atom. The number of sulfonamides is 1. The number of rotatable bonds is 6. The molecule has 0 aliphatic carbocycles. The quantitative estimate of drug-likeness (QED) is 0.810. The van der Waals surface area contributed by atoms with Gasteiger partial charge in [0.15, 0.2) is 0 Å². The van der Waals surface area contributed by atoms with Crippen LogP contribution in [0.15, 0.2) is 29.2 Å². The van der Waals surface area contributed by atoms with Crippen molar-refractivity contribution in [3.63, 3.8) is 0 Å². The molecule has 0 saturated carbocycles. The van der Waals surface area contributed by atoms with Crippen molar-refractivity contribution in [2.75, 3.05) is 45.2 Å². The monoisotopic (exact) mass is 313 g/mol. The number of anilines is 1. The maximum absolute atomic E-state index is 12.2. The first-order chi connectivity index (χ1) is 10.0. The summed E-state index contributed by atoms with van der Waals surface area (Å²) in [5, 5.41) is 3.20. The number of nitrogens with one attached hydrogen (secondary N) is 2. The maximum atomic E-state index is 12.2. The van der Waals surface area contributed by atoms with Gasteiger partial charge < -0.3 is 15.0 Å². The summed E-state index contributed by atoms with van der Waals surface area (Å²) in [5.41, 5.74) is 0.607. The minimum atomic E-state index is -3.47. The third kappa shape index (κ3) is 4.41. The molecule has 1 heterocycles. The summed E-state index contributed by atoms with van der Waals surface area (Å²) in [4.78, 5) is 2.48. The molecule has 1 aromatic carbocycles. The van der Waals surface area contributed by atoms with Gasteiger partial charge in [-0.25, -0.2) is 13.1 Å². The summed E-state index contributed by atoms with van der Waals surface area (Å²) in [7, 11) is -1.41. The van der Waals surface area contributed by atoms with E-state index in [-0.39, 0.29) is 11.0 Å². The molecule has 1 aliphatic rings. The first-order valence-electron chi connectivity index (χ1n) is 7.15. The van der Waals surface area contributed by atoms with Gasteiger partial charge in [0.25, 0.3) is 0 Å². The van der Waals surface area contributed by atoms with Gasteiger partial charge in [-0.15, -0.1) is 0 Å². The van der Waals surface area contributed by atoms with Crippen molar-refractivity contribution in [3.8, 4) is 0 Å². The Morgan fingerprint density at radius 3 is 2.86 bits per heavy atom. The first kappa shape index (κ1) is 16.2. The minimum Gasteiger partial charge on any atom is -0.381 e. The SMILES string of the molecule is CCNS(=O)(=O)c1ccccc1NCC1CN(C)CCO1. The molecule has 1 aliphatic heterocycles. The van der Waals surface area contributed by atoms with Crippen LogP contribution in [-0.2, 0) is 14.8 Å². The number of benzene rings is 1. The van der Waals surface area contributed by atoms with E-state index in [1.54, 1.807) is 25.1 Å². The van der Waals surface area contributed by atoms with Crippen molar-refractivity contribution in [2.45, 2.75) is 17.9 Å². The van der Waals surface area contributed by atoms with Crippen LogP contribution in [0.4, 0.5) is 5.69 Å². The van der Waals surface area contributed by atoms with Crippen LogP contribution in [0.5, 0.6) is 0 Å². The van der Waals surface area contributed by atoms with Crippen LogP contribution in [0.3, 0.4) is 0 Å². The molecular weight excluding hydrogens is 290 g/mol. The Hall–Kier alpha value is -1.15. The van der Waals surface area contributed by atoms with Gasteiger partial charge in [-0.05, 0) is 19.2 Å². The second kappa shape index (κ2) is 7.22. The van der Waals surface area contributed by atoms with Crippen LogP contribution >= 0.6 is 0 Å². The number of nitrogens with zero attached hydrogens (tertiary/aromatic N) is 1. The van der Waals surface area contributed by atoms with Gasteiger partial charge in [0.05, 0.1) is 18.4 Å². The van der Waals surface area contributed by atoms with Crippen LogP contribution in [0.2, 0.25) is 0 Å². The molecule has 0 aromatic heterocycles. The number of ether oxygens (including phenoxy) is 1. The standard InChI is InChI=1S/C14H23N3O3S/c1-3-16-21(18,19)14-7-5-4-6-13(14)15-10-12-11-17(2)8-9-20-12/h4-7,12,15-16H,3,8-11H2,1-2H3. The van der Waals surface area contributed by atoms with E-state index in [0.717, 1.165) is 13.1 Å². The lowest BCUT2D eigenvalue weighted by atomic mass is 10.2. The van der Waals surface area contributed by atoms with Gasteiger partial charge >= 0.3 is 0 Å². The maximum Gasteiger partial charge on any atom is 0.242 e. The van der Waals surface area contributed by atoms with Gasteiger partial charge in [0.1, 0.15) is 4.90 Å². The topological polar surface area (TPSA) is 70.7 Å². The van der Waals surface area contributed by atoms with Gasteiger partial charge in [0, 0.05) is 26.2 Å². The third-order valence-corrected chi connectivity index (χ3v) is 4.98. The van der Waals surface area contributed by atoms with Crippen molar-refractivity contribution in [1.82, 2.24) is 9.62 Å². The highest BCUT2D eigenvalue weighted by Gasteiger charge is 2.20. The smallest absolute Gasteiger partial charge is 0.242 e. The number of morpholine rings is 1. The molecular formula is C14H23N3O3S. The fourth-order valence-corrected chi connectivity index (χ4v) is 3.55.